The number of nitrogens with two attached hydrogens (primary N) is 1. The van der Waals surface area contributed by atoms with Crippen molar-refractivity contribution in [1.29, 1.82) is 0 Å². The molecule has 1 aliphatic rings. The molecular formula is C10H12FN3O7. The van der Waals surface area contributed by atoms with Crippen molar-refractivity contribution in [2.45, 2.75) is 30.7 Å². The first-order valence-electron chi connectivity index (χ1n) is 5.68. The highest BCUT2D eigenvalue weighted by Crippen LogP contribution is 2.23. The van der Waals surface area contributed by atoms with E-state index in [1.54, 1.807) is 0 Å². The minimum atomic E-state index is -1.85. The first-order chi connectivity index (χ1) is 9.81. The van der Waals surface area contributed by atoms with Crippen molar-refractivity contribution < 1.29 is 39.1 Å². The zero-order valence-corrected chi connectivity index (χ0v) is 10.3. The van der Waals surface area contributed by atoms with E-state index in [1.807, 2.05) is 0 Å². The van der Waals surface area contributed by atoms with Crippen molar-refractivity contribution in [2.75, 3.05) is 5.73 Å². The van der Waals surface area contributed by atoms with E-state index in [9.17, 15) is 24.5 Å². The van der Waals surface area contributed by atoms with Crippen LogP contribution in [0, 0.1) is 5.82 Å². The molecule has 0 radical (unpaired) electrons. The fourth-order valence-electron chi connectivity index (χ4n) is 1.67. The first-order valence-corrected chi connectivity index (χ1v) is 5.68. The number of nitrogens with zero attached hydrogens (tertiary/aromatic N) is 2. The fourth-order valence-corrected chi connectivity index (χ4v) is 1.67. The van der Waals surface area contributed by atoms with Gasteiger partial charge in [0, 0.05) is 0 Å². The van der Waals surface area contributed by atoms with E-state index in [0.717, 1.165) is 0 Å². The average molecular weight is 305 g/mol. The number of aliphatic hydroxyl groups is 3. The normalized spacial score (nSPS) is 32.7. The molecular weight excluding hydrogens is 293 g/mol. The molecule has 0 spiro atoms. The lowest BCUT2D eigenvalue weighted by Crippen LogP contribution is -2.61. The molecule has 0 bridgehead atoms. The fraction of sp³-hybridized carbons (Fsp3) is 0.500. The Morgan fingerprint density at radius 1 is 1.33 bits per heavy atom. The lowest BCUT2D eigenvalue weighted by atomic mass is 9.99. The lowest BCUT2D eigenvalue weighted by molar-refractivity contribution is -0.272. The third-order valence-corrected chi connectivity index (χ3v) is 2.78. The van der Waals surface area contributed by atoms with Gasteiger partial charge in [-0.3, -0.25) is 0 Å². The quantitative estimate of drug-likeness (QED) is 0.401. The van der Waals surface area contributed by atoms with Gasteiger partial charge >= 0.3 is 12.0 Å². The van der Waals surface area contributed by atoms with Crippen LogP contribution in [-0.2, 0) is 9.53 Å². The summed E-state index contributed by atoms with van der Waals surface area (Å²) in [6.45, 7) is 0. The lowest BCUT2D eigenvalue weighted by Gasteiger charge is -2.37. The molecule has 1 saturated heterocycles. The highest BCUT2D eigenvalue weighted by molar-refractivity contribution is 5.73. The molecule has 2 rings (SSSR count). The molecule has 21 heavy (non-hydrogen) atoms. The van der Waals surface area contributed by atoms with Crippen molar-refractivity contribution in [2.24, 2.45) is 0 Å². The van der Waals surface area contributed by atoms with Gasteiger partial charge in [-0.05, 0) is 0 Å². The molecule has 11 heteroatoms. The van der Waals surface area contributed by atoms with E-state index in [1.165, 1.54) is 0 Å². The van der Waals surface area contributed by atoms with E-state index in [4.69, 9.17) is 20.3 Å². The molecule has 2 heterocycles. The maximum Gasteiger partial charge on any atom is 0.335 e. The highest BCUT2D eigenvalue weighted by Gasteiger charge is 2.48. The topological polar surface area (TPSA) is 168 Å². The molecule has 0 saturated carbocycles. The van der Waals surface area contributed by atoms with E-state index in [-0.39, 0.29) is 0 Å². The summed E-state index contributed by atoms with van der Waals surface area (Å²) in [5, 5.41) is 37.6. The van der Waals surface area contributed by atoms with Crippen molar-refractivity contribution in [3.8, 4) is 6.01 Å². The standard InChI is InChI=1S/C10H12FN3O7/c11-2-1-13-10(14-7(2)12)21-9-5(17)3(15)4(16)6(20-9)8(18)19/h1,3-6,9,15-17H,(H,18,19)(H2,12,13,14)/t3-,4-,5+,6-,9-/m0/s1. The van der Waals surface area contributed by atoms with Crippen LogP contribution in [0.2, 0.25) is 0 Å². The first kappa shape index (κ1) is 15.3. The van der Waals surface area contributed by atoms with E-state index in [2.05, 4.69) is 9.97 Å². The van der Waals surface area contributed by atoms with Crippen LogP contribution < -0.4 is 10.5 Å². The Morgan fingerprint density at radius 3 is 2.57 bits per heavy atom. The minimum Gasteiger partial charge on any atom is -0.479 e. The van der Waals surface area contributed by atoms with Crippen molar-refractivity contribution >= 4 is 11.8 Å². The number of carbonyl (C=O) groups is 1. The van der Waals surface area contributed by atoms with Crippen molar-refractivity contribution in [1.82, 2.24) is 9.97 Å². The van der Waals surface area contributed by atoms with Crippen LogP contribution in [0.4, 0.5) is 10.2 Å². The molecule has 0 aliphatic carbocycles. The van der Waals surface area contributed by atoms with Crippen LogP contribution in [0.5, 0.6) is 6.01 Å². The second-order valence-electron chi connectivity index (χ2n) is 4.24. The zero-order chi connectivity index (χ0) is 15.7. The number of rotatable bonds is 3. The summed E-state index contributed by atoms with van der Waals surface area (Å²) in [6, 6.07) is -0.495. The summed E-state index contributed by atoms with van der Waals surface area (Å²) in [5.41, 5.74) is 5.19. The summed E-state index contributed by atoms with van der Waals surface area (Å²) in [5.74, 6) is -2.99. The summed E-state index contributed by atoms with van der Waals surface area (Å²) in [4.78, 5) is 17.7. The second kappa shape index (κ2) is 5.73. The molecule has 6 N–H and O–H groups in total. The Bertz CT molecular complexity index is 545. The van der Waals surface area contributed by atoms with Gasteiger partial charge in [-0.25, -0.2) is 14.2 Å². The number of anilines is 1. The molecule has 0 amide bonds. The number of hydrogen-bond donors (Lipinski definition) is 5. The van der Waals surface area contributed by atoms with Gasteiger partial charge in [0.25, 0.3) is 0 Å². The SMILES string of the molecule is Nc1nc(O[C@@H]2O[C@H](C(=O)O)[C@@H](O)[C@H](O)[C@H]2O)ncc1F. The van der Waals surface area contributed by atoms with Gasteiger partial charge in [-0.1, -0.05) is 0 Å². The number of hydrogen-bond acceptors (Lipinski definition) is 9. The Balaban J connectivity index is 2.17. The number of halogens is 1. The number of aliphatic hydroxyl groups excluding tert-OH is 3. The van der Waals surface area contributed by atoms with E-state index < -0.39 is 54.3 Å². The maximum atomic E-state index is 12.9. The number of aromatic nitrogens is 2. The smallest absolute Gasteiger partial charge is 0.335 e. The summed E-state index contributed by atoms with van der Waals surface area (Å²) in [6.07, 6.45) is -8.27. The van der Waals surface area contributed by atoms with Crippen molar-refractivity contribution in [3.05, 3.63) is 12.0 Å². The number of aliphatic carboxylic acids is 1. The van der Waals surface area contributed by atoms with Crippen LogP contribution >= 0.6 is 0 Å². The van der Waals surface area contributed by atoms with Gasteiger partial charge in [-0.2, -0.15) is 4.98 Å². The van der Waals surface area contributed by atoms with Gasteiger partial charge in [0.1, 0.15) is 18.3 Å². The molecule has 1 aromatic heterocycles. The number of carboxylic acids is 1. The molecule has 5 atom stereocenters. The van der Waals surface area contributed by atoms with Crippen LogP contribution in [0.3, 0.4) is 0 Å². The average Bonchev–Trinajstić information content (AvgIpc) is 2.43. The molecule has 10 nitrogen and oxygen atoms in total. The Hall–Kier alpha value is -2.08. The number of nitrogen functional groups attached to an aromatic ring is 1. The molecule has 1 aliphatic heterocycles. The Labute approximate surface area is 116 Å². The largest absolute Gasteiger partial charge is 0.479 e. The van der Waals surface area contributed by atoms with Gasteiger partial charge in [0.2, 0.25) is 6.29 Å². The molecule has 1 aromatic rings. The van der Waals surface area contributed by atoms with Crippen LogP contribution in [0.25, 0.3) is 0 Å². The summed E-state index contributed by atoms with van der Waals surface area (Å²) in [7, 11) is 0. The second-order valence-corrected chi connectivity index (χ2v) is 4.24. The van der Waals surface area contributed by atoms with E-state index >= 15 is 0 Å². The predicted molar refractivity (Wildman–Crippen MR) is 61.3 cm³/mol. The van der Waals surface area contributed by atoms with Crippen LogP contribution in [0.15, 0.2) is 6.20 Å². The number of ether oxygens (including phenoxy) is 2. The highest BCUT2D eigenvalue weighted by atomic mass is 19.1. The molecule has 1 fully saturated rings. The number of carboxylic acid groups (broad SMARTS) is 1. The third-order valence-electron chi connectivity index (χ3n) is 2.78. The molecule has 0 unspecified atom stereocenters. The molecule has 116 valence electrons. The predicted octanol–water partition coefficient (Wildman–Crippen LogP) is -2.53. The molecule has 0 aromatic carbocycles. The monoisotopic (exact) mass is 305 g/mol. The van der Waals surface area contributed by atoms with Gasteiger partial charge in [0.05, 0.1) is 6.20 Å². The Kier molecular flexibility index (Phi) is 4.18. The van der Waals surface area contributed by atoms with Crippen molar-refractivity contribution in [3.63, 3.8) is 0 Å². The van der Waals surface area contributed by atoms with E-state index in [0.29, 0.717) is 6.20 Å². The zero-order valence-electron chi connectivity index (χ0n) is 10.3. The summed E-state index contributed by atoms with van der Waals surface area (Å²) >= 11 is 0. The minimum absolute atomic E-state index is 0.495. The van der Waals surface area contributed by atoms with Gasteiger partial charge in [-0.15, -0.1) is 0 Å². The van der Waals surface area contributed by atoms with Gasteiger partial charge in [0.15, 0.2) is 17.7 Å². The third kappa shape index (κ3) is 3.00. The van der Waals surface area contributed by atoms with Crippen LogP contribution in [-0.4, -0.2) is 67.1 Å². The summed E-state index contributed by atoms with van der Waals surface area (Å²) < 4.78 is 22.6. The van der Waals surface area contributed by atoms with Gasteiger partial charge < -0.3 is 35.6 Å². The Morgan fingerprint density at radius 2 is 2.00 bits per heavy atom. The van der Waals surface area contributed by atoms with Crippen LogP contribution in [0.1, 0.15) is 0 Å². The maximum absolute atomic E-state index is 12.9.